The molecule has 0 aliphatic carbocycles. The minimum absolute atomic E-state index is 0.319. The van der Waals surface area contributed by atoms with E-state index in [1.807, 2.05) is 11.4 Å². The van der Waals surface area contributed by atoms with E-state index in [9.17, 15) is 8.42 Å². The van der Waals surface area contributed by atoms with E-state index >= 15 is 0 Å². The number of nitriles is 1. The number of thiophene rings is 1. The fraction of sp³-hybridized carbons (Fsp3) is 0.667. The summed E-state index contributed by atoms with van der Waals surface area (Å²) in [6.45, 7) is 4.42. The Morgan fingerprint density at radius 3 is 2.50 bits per heavy atom. The summed E-state index contributed by atoms with van der Waals surface area (Å²) in [6, 6.07) is 4.69. The van der Waals surface area contributed by atoms with Crippen molar-refractivity contribution in [1.29, 1.82) is 5.26 Å². The van der Waals surface area contributed by atoms with Gasteiger partial charge in [0.25, 0.3) is 0 Å². The summed E-state index contributed by atoms with van der Waals surface area (Å²) in [5.74, 6) is 0.638. The van der Waals surface area contributed by atoms with Crippen molar-refractivity contribution < 1.29 is 8.42 Å². The van der Waals surface area contributed by atoms with Crippen LogP contribution in [0.4, 0.5) is 0 Å². The summed E-state index contributed by atoms with van der Waals surface area (Å²) in [5, 5.41) is 10.8. The van der Waals surface area contributed by atoms with Crippen LogP contribution in [0.2, 0.25) is 0 Å². The lowest BCUT2D eigenvalue weighted by molar-refractivity contribution is 0.112. The van der Waals surface area contributed by atoms with Gasteiger partial charge in [0.05, 0.1) is 17.1 Å². The smallest absolute Gasteiger partial charge is 0.152 e. The molecule has 3 rings (SSSR count). The maximum Gasteiger partial charge on any atom is 0.152 e. The highest BCUT2D eigenvalue weighted by atomic mass is 32.2. The summed E-state index contributed by atoms with van der Waals surface area (Å²) >= 11 is 1.66. The van der Waals surface area contributed by atoms with E-state index in [1.165, 1.54) is 4.88 Å². The first-order chi connectivity index (χ1) is 10.6. The first kappa shape index (κ1) is 15.9. The van der Waals surface area contributed by atoms with Crippen LogP contribution in [0.1, 0.15) is 23.3 Å². The predicted octanol–water partition coefficient (Wildman–Crippen LogP) is 1.31. The average Bonchev–Trinajstić information content (AvgIpc) is 2.96. The van der Waals surface area contributed by atoms with Crippen molar-refractivity contribution in [2.45, 2.75) is 25.4 Å². The predicted molar refractivity (Wildman–Crippen MR) is 87.6 cm³/mol. The number of likely N-dealkylation sites (tertiary alicyclic amines) is 1. The van der Waals surface area contributed by atoms with Gasteiger partial charge in [0.2, 0.25) is 0 Å². The second kappa shape index (κ2) is 6.67. The van der Waals surface area contributed by atoms with Crippen LogP contribution in [-0.4, -0.2) is 61.9 Å². The van der Waals surface area contributed by atoms with Crippen molar-refractivity contribution in [2.75, 3.05) is 37.7 Å². The molecule has 2 fully saturated rings. The Morgan fingerprint density at radius 2 is 1.91 bits per heavy atom. The molecule has 0 N–H and O–H groups in total. The molecule has 0 aromatic carbocycles. The Morgan fingerprint density at radius 1 is 1.23 bits per heavy atom. The van der Waals surface area contributed by atoms with E-state index in [1.54, 1.807) is 11.3 Å². The molecule has 0 radical (unpaired) electrons. The lowest BCUT2D eigenvalue weighted by Crippen LogP contribution is -2.50. The molecule has 0 amide bonds. The molecule has 22 heavy (non-hydrogen) atoms. The Labute approximate surface area is 136 Å². The van der Waals surface area contributed by atoms with Gasteiger partial charge in [0.15, 0.2) is 9.84 Å². The lowest BCUT2D eigenvalue weighted by atomic mass is 10.0. The summed E-state index contributed by atoms with van der Waals surface area (Å²) in [5.41, 5.74) is 0.754. The molecule has 0 unspecified atom stereocenters. The molecule has 0 bridgehead atoms. The van der Waals surface area contributed by atoms with Gasteiger partial charge < -0.3 is 0 Å². The number of rotatable bonds is 3. The van der Waals surface area contributed by atoms with Crippen LogP contribution in [0.3, 0.4) is 0 Å². The third kappa shape index (κ3) is 3.87. The van der Waals surface area contributed by atoms with E-state index < -0.39 is 9.84 Å². The normalized spacial score (nSPS) is 24.1. The van der Waals surface area contributed by atoms with Gasteiger partial charge in [0.1, 0.15) is 6.07 Å². The van der Waals surface area contributed by atoms with Crippen LogP contribution >= 0.6 is 11.3 Å². The van der Waals surface area contributed by atoms with Crippen molar-refractivity contribution in [3.05, 3.63) is 21.9 Å². The van der Waals surface area contributed by atoms with E-state index in [0.717, 1.165) is 38.0 Å². The van der Waals surface area contributed by atoms with Crippen molar-refractivity contribution in [2.24, 2.45) is 0 Å². The Balaban J connectivity index is 1.47. The molecule has 0 spiro atoms. The molecule has 0 atom stereocenters. The zero-order valence-corrected chi connectivity index (χ0v) is 14.2. The van der Waals surface area contributed by atoms with Crippen molar-refractivity contribution in [1.82, 2.24) is 9.80 Å². The Kier molecular flexibility index (Phi) is 4.83. The van der Waals surface area contributed by atoms with Crippen LogP contribution in [0.25, 0.3) is 0 Å². The van der Waals surface area contributed by atoms with Gasteiger partial charge >= 0.3 is 0 Å². The molecular formula is C15H21N3O2S2. The maximum absolute atomic E-state index is 11.5. The van der Waals surface area contributed by atoms with Crippen molar-refractivity contribution >= 4 is 21.2 Å². The van der Waals surface area contributed by atoms with Gasteiger partial charge in [-0.2, -0.15) is 5.26 Å². The largest absolute Gasteiger partial charge is 0.298 e. The van der Waals surface area contributed by atoms with Gasteiger partial charge in [-0.25, -0.2) is 8.42 Å². The molecular weight excluding hydrogens is 318 g/mol. The maximum atomic E-state index is 11.5. The molecule has 1 aromatic rings. The third-order valence-electron chi connectivity index (χ3n) is 4.61. The number of hydrogen-bond donors (Lipinski definition) is 0. The van der Waals surface area contributed by atoms with Crippen LogP contribution in [0, 0.1) is 11.3 Å². The second-order valence-electron chi connectivity index (χ2n) is 6.11. The van der Waals surface area contributed by atoms with Crippen molar-refractivity contribution in [3.63, 3.8) is 0 Å². The van der Waals surface area contributed by atoms with Crippen molar-refractivity contribution in [3.8, 4) is 6.07 Å². The third-order valence-corrected chi connectivity index (χ3v) is 7.15. The standard InChI is InChI=1S/C15H21N3O2S2/c16-10-13-9-15(21-12-13)11-17-3-1-14(2-4-17)18-5-7-22(19,20)8-6-18/h9,12,14H,1-8,11H2. The van der Waals surface area contributed by atoms with Gasteiger partial charge in [-0.3, -0.25) is 9.80 Å². The minimum atomic E-state index is -2.78. The number of sulfone groups is 1. The summed E-state index contributed by atoms with van der Waals surface area (Å²) in [6.07, 6.45) is 2.22. The molecule has 3 heterocycles. The van der Waals surface area contributed by atoms with Gasteiger partial charge in [0, 0.05) is 49.0 Å². The molecule has 0 saturated carbocycles. The van der Waals surface area contributed by atoms with E-state index in [-0.39, 0.29) is 0 Å². The first-order valence-corrected chi connectivity index (χ1v) is 10.4. The Hall–Kier alpha value is -0.940. The molecule has 1 aromatic heterocycles. The zero-order valence-electron chi connectivity index (χ0n) is 12.6. The minimum Gasteiger partial charge on any atom is -0.298 e. The van der Waals surface area contributed by atoms with Gasteiger partial charge in [-0.1, -0.05) is 0 Å². The van der Waals surface area contributed by atoms with Crippen LogP contribution in [0.15, 0.2) is 11.4 Å². The highest BCUT2D eigenvalue weighted by Gasteiger charge is 2.29. The highest BCUT2D eigenvalue weighted by molar-refractivity contribution is 7.91. The monoisotopic (exact) mass is 339 g/mol. The Bertz CT molecular complexity index is 641. The fourth-order valence-electron chi connectivity index (χ4n) is 3.28. The topological polar surface area (TPSA) is 64.4 Å². The van der Waals surface area contributed by atoms with E-state index in [0.29, 0.717) is 30.6 Å². The number of piperidine rings is 1. The summed E-state index contributed by atoms with van der Waals surface area (Å²) < 4.78 is 23.0. The van der Waals surface area contributed by atoms with Crippen LogP contribution < -0.4 is 0 Å². The average molecular weight is 339 g/mol. The molecule has 7 heteroatoms. The van der Waals surface area contributed by atoms with E-state index in [4.69, 9.17) is 5.26 Å². The molecule has 2 saturated heterocycles. The summed E-state index contributed by atoms with van der Waals surface area (Å²) in [7, 11) is -2.78. The van der Waals surface area contributed by atoms with Gasteiger partial charge in [-0.15, -0.1) is 11.3 Å². The SMILES string of the molecule is N#Cc1csc(CN2CCC(N3CCS(=O)(=O)CC3)CC2)c1. The summed E-state index contributed by atoms with van der Waals surface area (Å²) in [4.78, 5) is 6.04. The highest BCUT2D eigenvalue weighted by Crippen LogP contribution is 2.22. The zero-order chi connectivity index (χ0) is 15.6. The molecule has 5 nitrogen and oxygen atoms in total. The first-order valence-electron chi connectivity index (χ1n) is 7.70. The van der Waals surface area contributed by atoms with Crippen LogP contribution in [-0.2, 0) is 16.4 Å². The fourth-order valence-corrected chi connectivity index (χ4v) is 5.36. The number of nitrogens with zero attached hydrogens (tertiary/aromatic N) is 3. The van der Waals surface area contributed by atoms with Crippen LogP contribution in [0.5, 0.6) is 0 Å². The van der Waals surface area contributed by atoms with E-state index in [2.05, 4.69) is 15.9 Å². The molecule has 2 aliphatic rings. The quantitative estimate of drug-likeness (QED) is 0.831. The second-order valence-corrected chi connectivity index (χ2v) is 9.41. The molecule has 120 valence electrons. The molecule has 2 aliphatic heterocycles. The number of hydrogen-bond acceptors (Lipinski definition) is 6. The van der Waals surface area contributed by atoms with Gasteiger partial charge in [-0.05, 0) is 18.9 Å². The lowest BCUT2D eigenvalue weighted by Gasteiger charge is -2.39.